The number of hydrogen-bond donors (Lipinski definition) is 1. The van der Waals surface area contributed by atoms with Gasteiger partial charge in [-0.1, -0.05) is 12.1 Å². The molecule has 0 aliphatic carbocycles. The molecule has 0 unspecified atom stereocenters. The van der Waals surface area contributed by atoms with Gasteiger partial charge in [0.25, 0.3) is 0 Å². The van der Waals surface area contributed by atoms with E-state index in [1.54, 1.807) is 22.2 Å². The lowest BCUT2D eigenvalue weighted by molar-refractivity contribution is 0.783. The quantitative estimate of drug-likeness (QED) is 0.767. The number of thiophene rings is 1. The molecule has 0 aliphatic rings. The highest BCUT2D eigenvalue weighted by molar-refractivity contribution is 7.13. The van der Waals surface area contributed by atoms with Gasteiger partial charge in [-0.3, -0.25) is 9.67 Å². The first-order chi connectivity index (χ1) is 8.77. The van der Waals surface area contributed by atoms with Crippen molar-refractivity contribution in [3.63, 3.8) is 0 Å². The van der Waals surface area contributed by atoms with Crippen molar-refractivity contribution in [3.05, 3.63) is 42.0 Å². The van der Waals surface area contributed by atoms with Crippen LogP contribution in [0.2, 0.25) is 0 Å². The molecule has 3 heterocycles. The maximum Gasteiger partial charge on any atom is 0.130 e. The van der Waals surface area contributed by atoms with E-state index in [1.807, 2.05) is 42.9 Å². The van der Waals surface area contributed by atoms with Crippen LogP contribution in [0.3, 0.4) is 0 Å². The van der Waals surface area contributed by atoms with Crippen molar-refractivity contribution >= 4 is 17.2 Å². The lowest BCUT2D eigenvalue weighted by Crippen LogP contribution is -1.98. The molecule has 0 aliphatic heterocycles. The van der Waals surface area contributed by atoms with Crippen molar-refractivity contribution in [1.82, 2.24) is 14.8 Å². The van der Waals surface area contributed by atoms with Gasteiger partial charge in [-0.05, 0) is 17.5 Å². The summed E-state index contributed by atoms with van der Waals surface area (Å²) in [5.41, 5.74) is 8.98. The second-order valence-electron chi connectivity index (χ2n) is 3.95. The Labute approximate surface area is 109 Å². The predicted octanol–water partition coefficient (Wildman–Crippen LogP) is 2.79. The Morgan fingerprint density at radius 2 is 2.17 bits per heavy atom. The normalized spacial score (nSPS) is 10.7. The summed E-state index contributed by atoms with van der Waals surface area (Å²) >= 11 is 1.66. The zero-order valence-corrected chi connectivity index (χ0v) is 10.7. The van der Waals surface area contributed by atoms with Crippen LogP contribution in [-0.4, -0.2) is 14.8 Å². The fourth-order valence-corrected chi connectivity index (χ4v) is 2.63. The number of nitrogen functional groups attached to an aromatic ring is 1. The molecule has 0 atom stereocenters. The van der Waals surface area contributed by atoms with Gasteiger partial charge < -0.3 is 5.73 Å². The Morgan fingerprint density at radius 1 is 1.28 bits per heavy atom. The number of hydrogen-bond acceptors (Lipinski definition) is 4. The first-order valence-electron chi connectivity index (χ1n) is 5.54. The second kappa shape index (κ2) is 4.27. The number of aromatic nitrogens is 3. The van der Waals surface area contributed by atoms with E-state index in [9.17, 15) is 0 Å². The molecule has 3 aromatic rings. The molecule has 2 N–H and O–H groups in total. The zero-order chi connectivity index (χ0) is 12.5. The zero-order valence-electron chi connectivity index (χ0n) is 9.87. The third kappa shape index (κ3) is 1.69. The van der Waals surface area contributed by atoms with Gasteiger partial charge in [0.2, 0.25) is 0 Å². The molecule has 90 valence electrons. The minimum absolute atomic E-state index is 0.659. The molecule has 0 spiro atoms. The van der Waals surface area contributed by atoms with Crippen LogP contribution in [0.4, 0.5) is 5.82 Å². The minimum Gasteiger partial charge on any atom is -0.383 e. The van der Waals surface area contributed by atoms with Crippen molar-refractivity contribution in [2.75, 3.05) is 5.73 Å². The van der Waals surface area contributed by atoms with Crippen molar-refractivity contribution in [3.8, 4) is 21.7 Å². The minimum atomic E-state index is 0.659. The summed E-state index contributed by atoms with van der Waals surface area (Å²) < 4.78 is 1.71. The van der Waals surface area contributed by atoms with Gasteiger partial charge in [0.15, 0.2) is 0 Å². The highest BCUT2D eigenvalue weighted by Crippen LogP contribution is 2.37. The van der Waals surface area contributed by atoms with Crippen molar-refractivity contribution in [2.45, 2.75) is 0 Å². The largest absolute Gasteiger partial charge is 0.383 e. The van der Waals surface area contributed by atoms with Crippen LogP contribution in [0.5, 0.6) is 0 Å². The van der Waals surface area contributed by atoms with Crippen molar-refractivity contribution in [1.29, 1.82) is 0 Å². The highest BCUT2D eigenvalue weighted by atomic mass is 32.1. The summed E-state index contributed by atoms with van der Waals surface area (Å²) in [5, 5.41) is 6.54. The summed E-state index contributed by atoms with van der Waals surface area (Å²) in [4.78, 5) is 5.26. The van der Waals surface area contributed by atoms with Gasteiger partial charge in [-0.25, -0.2) is 0 Å². The van der Waals surface area contributed by atoms with Crippen LogP contribution in [0.25, 0.3) is 21.7 Å². The van der Waals surface area contributed by atoms with Crippen LogP contribution in [-0.2, 0) is 7.05 Å². The standard InChI is InChI=1S/C13H12N4S/c1-17-13(14)11(9-4-2-6-15-8-9)12(16-17)10-5-3-7-18-10/h2-8H,14H2,1H3. The molecule has 0 radical (unpaired) electrons. The van der Waals surface area contributed by atoms with E-state index in [-0.39, 0.29) is 0 Å². The highest BCUT2D eigenvalue weighted by Gasteiger charge is 2.17. The van der Waals surface area contributed by atoms with Gasteiger partial charge in [-0.2, -0.15) is 5.10 Å². The Morgan fingerprint density at radius 3 is 2.83 bits per heavy atom. The van der Waals surface area contributed by atoms with Crippen LogP contribution in [0, 0.1) is 0 Å². The van der Waals surface area contributed by atoms with Gasteiger partial charge in [0.05, 0.1) is 10.4 Å². The monoisotopic (exact) mass is 256 g/mol. The van der Waals surface area contributed by atoms with Gasteiger partial charge in [0, 0.05) is 25.0 Å². The summed E-state index contributed by atoms with van der Waals surface area (Å²) in [7, 11) is 1.85. The molecule has 3 rings (SSSR count). The van der Waals surface area contributed by atoms with Crippen LogP contribution < -0.4 is 5.73 Å². The first-order valence-corrected chi connectivity index (χ1v) is 6.42. The maximum atomic E-state index is 6.12. The summed E-state index contributed by atoms with van der Waals surface area (Å²) in [6.45, 7) is 0. The van der Waals surface area contributed by atoms with Crippen LogP contribution in [0.15, 0.2) is 42.0 Å². The number of anilines is 1. The van der Waals surface area contributed by atoms with Gasteiger partial charge >= 0.3 is 0 Å². The molecule has 0 aromatic carbocycles. The van der Waals surface area contributed by atoms with Crippen LogP contribution in [0.1, 0.15) is 0 Å². The third-order valence-corrected chi connectivity index (χ3v) is 3.67. The van der Waals surface area contributed by atoms with E-state index in [0.717, 1.165) is 21.7 Å². The average molecular weight is 256 g/mol. The van der Waals surface area contributed by atoms with E-state index < -0.39 is 0 Å². The number of nitrogens with two attached hydrogens (primary N) is 1. The number of aryl methyl sites for hydroxylation is 1. The van der Waals surface area contributed by atoms with Crippen molar-refractivity contribution < 1.29 is 0 Å². The first kappa shape index (κ1) is 11.0. The molecular formula is C13H12N4S. The van der Waals surface area contributed by atoms with Gasteiger partial charge in [0.1, 0.15) is 11.5 Å². The molecule has 5 heteroatoms. The molecule has 18 heavy (non-hydrogen) atoms. The van der Waals surface area contributed by atoms with Crippen LogP contribution >= 0.6 is 11.3 Å². The van der Waals surface area contributed by atoms with Gasteiger partial charge in [-0.15, -0.1) is 11.3 Å². The molecule has 3 aromatic heterocycles. The Hall–Kier alpha value is -2.14. The Balaban J connectivity index is 2.26. The molecule has 0 saturated heterocycles. The summed E-state index contributed by atoms with van der Waals surface area (Å²) in [6, 6.07) is 7.96. The van der Waals surface area contributed by atoms with E-state index in [1.165, 1.54) is 0 Å². The molecule has 0 fully saturated rings. The summed E-state index contributed by atoms with van der Waals surface area (Å²) in [5.74, 6) is 0.659. The van der Waals surface area contributed by atoms with Crippen molar-refractivity contribution in [2.24, 2.45) is 7.05 Å². The second-order valence-corrected chi connectivity index (χ2v) is 4.90. The fraction of sp³-hybridized carbons (Fsp3) is 0.0769. The topological polar surface area (TPSA) is 56.7 Å². The molecular weight excluding hydrogens is 244 g/mol. The number of nitrogens with zero attached hydrogens (tertiary/aromatic N) is 3. The molecule has 0 saturated carbocycles. The molecule has 4 nitrogen and oxygen atoms in total. The number of rotatable bonds is 2. The number of pyridine rings is 1. The molecule has 0 amide bonds. The fourth-order valence-electron chi connectivity index (χ4n) is 1.92. The van der Waals surface area contributed by atoms with E-state index in [4.69, 9.17) is 5.73 Å². The average Bonchev–Trinajstić information content (AvgIpc) is 3.00. The smallest absolute Gasteiger partial charge is 0.130 e. The van der Waals surface area contributed by atoms with E-state index in [0.29, 0.717) is 5.82 Å². The molecule has 0 bridgehead atoms. The lowest BCUT2D eigenvalue weighted by Gasteiger charge is -2.01. The summed E-state index contributed by atoms with van der Waals surface area (Å²) in [6.07, 6.45) is 3.56. The SMILES string of the molecule is Cn1nc(-c2cccs2)c(-c2cccnc2)c1N. The van der Waals surface area contributed by atoms with E-state index in [2.05, 4.69) is 10.1 Å². The third-order valence-electron chi connectivity index (χ3n) is 2.80. The van der Waals surface area contributed by atoms with E-state index >= 15 is 0 Å². The lowest BCUT2D eigenvalue weighted by atomic mass is 10.1. The maximum absolute atomic E-state index is 6.12. The Bertz CT molecular complexity index is 656. The Kier molecular flexibility index (Phi) is 2.60. The predicted molar refractivity (Wildman–Crippen MR) is 74.2 cm³/mol.